The van der Waals surface area contributed by atoms with Gasteiger partial charge in [0, 0.05) is 22.7 Å². The zero-order valence-corrected chi connectivity index (χ0v) is 8.46. The highest BCUT2D eigenvalue weighted by Crippen LogP contribution is 2.31. The van der Waals surface area contributed by atoms with E-state index in [0.717, 1.165) is 12.0 Å². The Labute approximate surface area is 87.8 Å². The van der Waals surface area contributed by atoms with E-state index in [1.807, 2.05) is 6.07 Å². The van der Waals surface area contributed by atoms with E-state index in [1.54, 1.807) is 12.1 Å². The molecule has 2 rings (SSSR count). The summed E-state index contributed by atoms with van der Waals surface area (Å²) in [5, 5.41) is 0.700. The van der Waals surface area contributed by atoms with Crippen molar-refractivity contribution in [2.45, 2.75) is 12.5 Å². The Bertz CT molecular complexity index is 324. The van der Waals surface area contributed by atoms with Crippen LogP contribution in [-0.4, -0.2) is 13.4 Å². The number of hydrogen-bond donors (Lipinski definition) is 1. The van der Waals surface area contributed by atoms with Crippen LogP contribution in [0.3, 0.4) is 0 Å². The van der Waals surface area contributed by atoms with Crippen molar-refractivity contribution in [3.8, 4) is 0 Å². The van der Waals surface area contributed by atoms with Gasteiger partial charge in [0.25, 0.3) is 0 Å². The number of hydrogen-bond acceptors (Lipinski definition) is 3. The Morgan fingerprint density at radius 1 is 1.43 bits per heavy atom. The molecule has 1 saturated heterocycles. The minimum Gasteiger partial charge on any atom is -0.399 e. The maximum Gasteiger partial charge on any atom is 0.147 e. The van der Waals surface area contributed by atoms with E-state index in [-0.39, 0.29) is 6.10 Å². The third-order valence-corrected chi connectivity index (χ3v) is 2.59. The van der Waals surface area contributed by atoms with Crippen LogP contribution in [0.5, 0.6) is 0 Å². The molecule has 1 fully saturated rings. The summed E-state index contributed by atoms with van der Waals surface area (Å²) >= 11 is 6.05. The molecule has 1 aromatic rings. The number of nitrogens with two attached hydrogens (primary N) is 1. The molecule has 2 N–H and O–H groups in total. The molecular weight excluding hydrogens is 202 g/mol. The van der Waals surface area contributed by atoms with Gasteiger partial charge in [-0.2, -0.15) is 0 Å². The Morgan fingerprint density at radius 2 is 2.29 bits per heavy atom. The van der Waals surface area contributed by atoms with Crippen molar-refractivity contribution in [3.63, 3.8) is 0 Å². The van der Waals surface area contributed by atoms with Crippen LogP contribution in [0.2, 0.25) is 5.02 Å². The van der Waals surface area contributed by atoms with Gasteiger partial charge in [-0.15, -0.1) is 0 Å². The lowest BCUT2D eigenvalue weighted by Crippen LogP contribution is -2.17. The highest BCUT2D eigenvalue weighted by Gasteiger charge is 2.18. The predicted octanol–water partition coefficient (Wildman–Crippen LogP) is 2.36. The van der Waals surface area contributed by atoms with Gasteiger partial charge >= 0.3 is 0 Å². The van der Waals surface area contributed by atoms with Gasteiger partial charge in [0.05, 0.1) is 12.7 Å². The van der Waals surface area contributed by atoms with Crippen LogP contribution in [-0.2, 0) is 9.47 Å². The number of benzene rings is 1. The third-order valence-electron chi connectivity index (χ3n) is 2.24. The Balaban J connectivity index is 2.24. The smallest absolute Gasteiger partial charge is 0.147 e. The molecule has 1 aromatic carbocycles. The first-order chi connectivity index (χ1) is 6.77. The van der Waals surface area contributed by atoms with Crippen LogP contribution < -0.4 is 5.73 Å². The van der Waals surface area contributed by atoms with Crippen LogP contribution >= 0.6 is 11.6 Å². The van der Waals surface area contributed by atoms with Gasteiger partial charge in [-0.3, -0.25) is 0 Å². The minimum absolute atomic E-state index is 0.0137. The van der Waals surface area contributed by atoms with Crippen molar-refractivity contribution in [2.24, 2.45) is 0 Å². The molecule has 4 heteroatoms. The lowest BCUT2D eigenvalue weighted by atomic mass is 10.1. The zero-order valence-electron chi connectivity index (χ0n) is 7.70. The number of anilines is 1. The summed E-state index contributed by atoms with van der Waals surface area (Å²) < 4.78 is 10.5. The second kappa shape index (κ2) is 4.17. The fourth-order valence-electron chi connectivity index (χ4n) is 1.52. The van der Waals surface area contributed by atoms with Crippen molar-refractivity contribution < 1.29 is 9.47 Å². The molecule has 0 radical (unpaired) electrons. The van der Waals surface area contributed by atoms with E-state index in [2.05, 4.69) is 0 Å². The molecule has 0 saturated carbocycles. The number of halogens is 1. The van der Waals surface area contributed by atoms with Crippen molar-refractivity contribution >= 4 is 17.3 Å². The SMILES string of the molecule is Nc1ccc(Cl)c(C2CCOCO2)c1. The average Bonchev–Trinajstić information content (AvgIpc) is 2.23. The van der Waals surface area contributed by atoms with E-state index >= 15 is 0 Å². The molecule has 1 atom stereocenters. The maximum atomic E-state index is 6.05. The quantitative estimate of drug-likeness (QED) is 0.729. The molecule has 1 aliphatic heterocycles. The summed E-state index contributed by atoms with van der Waals surface area (Å²) in [5.74, 6) is 0. The molecule has 0 aliphatic carbocycles. The summed E-state index contributed by atoms with van der Waals surface area (Å²) in [7, 11) is 0. The highest BCUT2D eigenvalue weighted by atomic mass is 35.5. The van der Waals surface area contributed by atoms with Gasteiger partial charge in [-0.25, -0.2) is 0 Å². The molecule has 1 unspecified atom stereocenters. The summed E-state index contributed by atoms with van der Waals surface area (Å²) in [6, 6.07) is 5.44. The lowest BCUT2D eigenvalue weighted by molar-refractivity contribution is -0.140. The summed E-state index contributed by atoms with van der Waals surface area (Å²) in [5.41, 5.74) is 7.35. The topological polar surface area (TPSA) is 44.5 Å². The van der Waals surface area contributed by atoms with Crippen LogP contribution in [0, 0.1) is 0 Å². The fraction of sp³-hybridized carbons (Fsp3) is 0.400. The van der Waals surface area contributed by atoms with E-state index in [9.17, 15) is 0 Å². The summed E-state index contributed by atoms with van der Waals surface area (Å²) in [6.07, 6.45) is 0.836. The molecule has 0 aromatic heterocycles. The van der Waals surface area contributed by atoms with Gasteiger partial charge in [-0.05, 0) is 18.2 Å². The molecule has 76 valence electrons. The van der Waals surface area contributed by atoms with Gasteiger partial charge in [0.1, 0.15) is 6.79 Å². The molecule has 1 heterocycles. The van der Waals surface area contributed by atoms with E-state index < -0.39 is 0 Å². The Hall–Kier alpha value is -0.770. The number of ether oxygens (including phenoxy) is 2. The van der Waals surface area contributed by atoms with Crippen LogP contribution in [0.15, 0.2) is 18.2 Å². The molecular formula is C10H12ClNO2. The molecule has 1 aliphatic rings. The van der Waals surface area contributed by atoms with E-state index in [4.69, 9.17) is 26.8 Å². The van der Waals surface area contributed by atoms with Crippen LogP contribution in [0.1, 0.15) is 18.1 Å². The fourth-order valence-corrected chi connectivity index (χ4v) is 1.76. The number of rotatable bonds is 1. The van der Waals surface area contributed by atoms with Gasteiger partial charge < -0.3 is 15.2 Å². The van der Waals surface area contributed by atoms with Crippen molar-refractivity contribution in [1.29, 1.82) is 0 Å². The molecule has 14 heavy (non-hydrogen) atoms. The Kier molecular flexibility index (Phi) is 2.91. The predicted molar refractivity (Wildman–Crippen MR) is 55.1 cm³/mol. The normalized spacial score (nSPS) is 22.2. The van der Waals surface area contributed by atoms with Crippen LogP contribution in [0.4, 0.5) is 5.69 Å². The highest BCUT2D eigenvalue weighted by molar-refractivity contribution is 6.31. The van der Waals surface area contributed by atoms with Gasteiger partial charge in [0.15, 0.2) is 0 Å². The second-order valence-electron chi connectivity index (χ2n) is 3.25. The second-order valence-corrected chi connectivity index (χ2v) is 3.66. The monoisotopic (exact) mass is 213 g/mol. The Morgan fingerprint density at radius 3 is 3.00 bits per heavy atom. The number of nitrogen functional groups attached to an aromatic ring is 1. The summed E-state index contributed by atoms with van der Waals surface area (Å²) in [4.78, 5) is 0. The zero-order chi connectivity index (χ0) is 9.97. The molecule has 0 amide bonds. The van der Waals surface area contributed by atoms with Crippen molar-refractivity contribution in [2.75, 3.05) is 19.1 Å². The first-order valence-electron chi connectivity index (χ1n) is 4.51. The summed E-state index contributed by atoms with van der Waals surface area (Å²) in [6.45, 7) is 1.03. The van der Waals surface area contributed by atoms with Gasteiger partial charge in [0.2, 0.25) is 0 Å². The standard InChI is InChI=1S/C10H12ClNO2/c11-9-2-1-7(12)5-8(9)10-3-4-13-6-14-10/h1-2,5,10H,3-4,6,12H2. The largest absolute Gasteiger partial charge is 0.399 e. The van der Waals surface area contributed by atoms with E-state index in [1.165, 1.54) is 0 Å². The lowest BCUT2D eigenvalue weighted by Gasteiger charge is -2.24. The van der Waals surface area contributed by atoms with E-state index in [0.29, 0.717) is 24.1 Å². The minimum atomic E-state index is 0.0137. The molecule has 0 bridgehead atoms. The maximum absolute atomic E-state index is 6.05. The first-order valence-corrected chi connectivity index (χ1v) is 4.89. The van der Waals surface area contributed by atoms with Crippen molar-refractivity contribution in [1.82, 2.24) is 0 Å². The first kappa shape index (κ1) is 9.77. The van der Waals surface area contributed by atoms with Crippen LogP contribution in [0.25, 0.3) is 0 Å². The molecule has 3 nitrogen and oxygen atoms in total. The van der Waals surface area contributed by atoms with Crippen molar-refractivity contribution in [3.05, 3.63) is 28.8 Å². The third kappa shape index (κ3) is 2.00. The molecule has 0 spiro atoms. The average molecular weight is 214 g/mol. The van der Waals surface area contributed by atoms with Gasteiger partial charge in [-0.1, -0.05) is 11.6 Å².